The first kappa shape index (κ1) is 22.1. The minimum absolute atomic E-state index is 0.0145. The number of amides is 2. The molecule has 0 aromatic heterocycles. The van der Waals surface area contributed by atoms with Gasteiger partial charge in [0.15, 0.2) is 0 Å². The lowest BCUT2D eigenvalue weighted by molar-refractivity contribution is -0.148. The number of likely N-dealkylation sites (tertiary alicyclic amines) is 1. The molecule has 1 heterocycles. The number of carbonyl (C=O) groups is 2. The Morgan fingerprint density at radius 2 is 1.97 bits per heavy atom. The first-order valence-corrected chi connectivity index (χ1v) is 11.1. The summed E-state index contributed by atoms with van der Waals surface area (Å²) < 4.78 is 0. The molecule has 2 fully saturated rings. The summed E-state index contributed by atoms with van der Waals surface area (Å²) in [5, 5.41) is 14.1. The van der Waals surface area contributed by atoms with E-state index < -0.39 is 12.1 Å². The summed E-state index contributed by atoms with van der Waals surface area (Å²) in [4.78, 5) is 27.3. The van der Waals surface area contributed by atoms with Gasteiger partial charge in [-0.2, -0.15) is 0 Å². The van der Waals surface area contributed by atoms with E-state index in [0.29, 0.717) is 24.5 Å². The fraction of sp³-hybridized carbons (Fsp3) is 0.636. The topological polar surface area (TPSA) is 95.7 Å². The summed E-state index contributed by atoms with van der Waals surface area (Å²) in [6, 6.07) is 4.77. The van der Waals surface area contributed by atoms with Crippen LogP contribution < -0.4 is 11.1 Å². The Morgan fingerprint density at radius 1 is 1.24 bits per heavy atom. The SMILES string of the molecule is CC(N)c1ccc(Cl)cc1CNC(=O)[C@@H]1CCCN1C(=O)[C@@H](O)C1CCCCC1. The highest BCUT2D eigenvalue weighted by atomic mass is 35.5. The quantitative estimate of drug-likeness (QED) is 0.658. The molecule has 1 saturated heterocycles. The molecule has 1 aliphatic heterocycles. The molecule has 160 valence electrons. The van der Waals surface area contributed by atoms with Crippen LogP contribution in [0.25, 0.3) is 0 Å². The van der Waals surface area contributed by atoms with Crippen molar-refractivity contribution in [1.82, 2.24) is 10.2 Å². The molecule has 1 aromatic carbocycles. The van der Waals surface area contributed by atoms with E-state index in [-0.39, 0.29) is 23.8 Å². The minimum atomic E-state index is -0.999. The summed E-state index contributed by atoms with van der Waals surface area (Å²) in [6.45, 7) is 2.71. The van der Waals surface area contributed by atoms with E-state index in [1.54, 1.807) is 11.0 Å². The lowest BCUT2D eigenvalue weighted by atomic mass is 9.84. The number of hydrogen-bond donors (Lipinski definition) is 3. The zero-order valence-corrected chi connectivity index (χ0v) is 17.8. The third-order valence-corrected chi connectivity index (χ3v) is 6.47. The van der Waals surface area contributed by atoms with Crippen molar-refractivity contribution in [3.8, 4) is 0 Å². The number of nitrogens with one attached hydrogen (secondary N) is 1. The molecule has 0 bridgehead atoms. The zero-order chi connectivity index (χ0) is 21.0. The van der Waals surface area contributed by atoms with Crippen molar-refractivity contribution in [3.05, 3.63) is 34.3 Å². The minimum Gasteiger partial charge on any atom is -0.383 e. The van der Waals surface area contributed by atoms with Crippen LogP contribution in [0.3, 0.4) is 0 Å². The van der Waals surface area contributed by atoms with Gasteiger partial charge in [0.1, 0.15) is 12.1 Å². The van der Waals surface area contributed by atoms with Crippen molar-refractivity contribution in [2.24, 2.45) is 11.7 Å². The molecular weight excluding hydrogens is 390 g/mol. The molecule has 1 aromatic rings. The second-order valence-electron chi connectivity index (χ2n) is 8.38. The van der Waals surface area contributed by atoms with E-state index in [4.69, 9.17) is 17.3 Å². The Bertz CT molecular complexity index is 734. The van der Waals surface area contributed by atoms with Crippen LogP contribution in [0.1, 0.15) is 69.0 Å². The molecule has 3 rings (SSSR count). The molecule has 1 unspecified atom stereocenters. The predicted molar refractivity (Wildman–Crippen MR) is 113 cm³/mol. The third kappa shape index (κ3) is 5.30. The average Bonchev–Trinajstić information content (AvgIpc) is 3.21. The number of aliphatic hydroxyl groups excluding tert-OH is 1. The predicted octanol–water partition coefficient (Wildman–Crippen LogP) is 2.91. The highest BCUT2D eigenvalue weighted by Gasteiger charge is 2.39. The fourth-order valence-electron chi connectivity index (χ4n) is 4.60. The van der Waals surface area contributed by atoms with Gasteiger partial charge in [0.2, 0.25) is 5.91 Å². The van der Waals surface area contributed by atoms with Crippen molar-refractivity contribution in [3.63, 3.8) is 0 Å². The highest BCUT2D eigenvalue weighted by molar-refractivity contribution is 6.30. The van der Waals surface area contributed by atoms with Crippen LogP contribution in [0.4, 0.5) is 0 Å². The number of halogens is 1. The molecule has 2 aliphatic rings. The van der Waals surface area contributed by atoms with Gasteiger partial charge >= 0.3 is 0 Å². The van der Waals surface area contributed by atoms with Gasteiger partial charge in [0.05, 0.1) is 0 Å². The number of aliphatic hydroxyl groups is 1. The number of rotatable bonds is 6. The van der Waals surface area contributed by atoms with Crippen LogP contribution in [0, 0.1) is 5.92 Å². The van der Waals surface area contributed by atoms with Gasteiger partial charge in [-0.3, -0.25) is 9.59 Å². The average molecular weight is 422 g/mol. The first-order valence-electron chi connectivity index (χ1n) is 10.7. The van der Waals surface area contributed by atoms with Gasteiger partial charge in [0.25, 0.3) is 5.91 Å². The van der Waals surface area contributed by atoms with Crippen LogP contribution in [0.5, 0.6) is 0 Å². The molecular formula is C22H32ClN3O3. The molecule has 29 heavy (non-hydrogen) atoms. The molecule has 0 radical (unpaired) electrons. The highest BCUT2D eigenvalue weighted by Crippen LogP contribution is 2.29. The Labute approximate surface area is 177 Å². The Hall–Kier alpha value is -1.63. The van der Waals surface area contributed by atoms with Gasteiger partial charge in [-0.1, -0.05) is 36.9 Å². The number of hydrogen-bond acceptors (Lipinski definition) is 4. The molecule has 2 amide bonds. The maximum Gasteiger partial charge on any atom is 0.252 e. The monoisotopic (exact) mass is 421 g/mol. The van der Waals surface area contributed by atoms with E-state index in [0.717, 1.165) is 43.2 Å². The van der Waals surface area contributed by atoms with Crippen molar-refractivity contribution in [2.75, 3.05) is 6.54 Å². The standard InChI is InChI=1S/C22H32ClN3O3/c1-14(24)18-10-9-17(23)12-16(18)13-25-21(28)19-8-5-11-26(19)22(29)20(27)15-6-3-2-4-7-15/h9-10,12,14-15,19-20,27H,2-8,11,13,24H2,1H3,(H,25,28)/t14?,19-,20-/m0/s1. The Kier molecular flexibility index (Phi) is 7.55. The second-order valence-corrected chi connectivity index (χ2v) is 8.82. The number of nitrogens with two attached hydrogens (primary N) is 1. The molecule has 7 heteroatoms. The van der Waals surface area contributed by atoms with E-state index in [1.165, 1.54) is 6.42 Å². The number of nitrogens with zero attached hydrogens (tertiary/aromatic N) is 1. The Morgan fingerprint density at radius 3 is 2.66 bits per heavy atom. The Balaban J connectivity index is 1.63. The van der Waals surface area contributed by atoms with E-state index in [9.17, 15) is 14.7 Å². The summed E-state index contributed by atoms with van der Waals surface area (Å²) in [7, 11) is 0. The van der Waals surface area contributed by atoms with Gasteiger partial charge < -0.3 is 21.1 Å². The summed E-state index contributed by atoms with van der Waals surface area (Å²) in [5.41, 5.74) is 7.83. The van der Waals surface area contributed by atoms with E-state index in [2.05, 4.69) is 5.32 Å². The second kappa shape index (κ2) is 9.92. The van der Waals surface area contributed by atoms with E-state index in [1.807, 2.05) is 19.1 Å². The maximum atomic E-state index is 12.9. The van der Waals surface area contributed by atoms with Crippen LogP contribution in [-0.2, 0) is 16.1 Å². The van der Waals surface area contributed by atoms with Crippen molar-refractivity contribution in [1.29, 1.82) is 0 Å². The van der Waals surface area contributed by atoms with E-state index >= 15 is 0 Å². The van der Waals surface area contributed by atoms with Crippen LogP contribution in [0.15, 0.2) is 18.2 Å². The smallest absolute Gasteiger partial charge is 0.252 e. The number of benzene rings is 1. The van der Waals surface area contributed by atoms with Crippen LogP contribution in [0.2, 0.25) is 5.02 Å². The molecule has 4 N–H and O–H groups in total. The largest absolute Gasteiger partial charge is 0.383 e. The lowest BCUT2D eigenvalue weighted by Crippen LogP contribution is -2.50. The van der Waals surface area contributed by atoms with Gasteiger partial charge in [-0.05, 0) is 61.8 Å². The van der Waals surface area contributed by atoms with Crippen molar-refractivity contribution in [2.45, 2.75) is 76.6 Å². The van der Waals surface area contributed by atoms with Gasteiger partial charge in [0, 0.05) is 24.2 Å². The molecule has 1 aliphatic carbocycles. The van der Waals surface area contributed by atoms with Crippen LogP contribution in [-0.4, -0.2) is 40.5 Å². The zero-order valence-electron chi connectivity index (χ0n) is 17.1. The lowest BCUT2D eigenvalue weighted by Gasteiger charge is -2.31. The van der Waals surface area contributed by atoms with Crippen molar-refractivity contribution >= 4 is 23.4 Å². The summed E-state index contributed by atoms with van der Waals surface area (Å²) >= 11 is 6.10. The van der Waals surface area contributed by atoms with Gasteiger partial charge in [-0.15, -0.1) is 0 Å². The maximum absolute atomic E-state index is 12.9. The normalized spacial score (nSPS) is 22.3. The van der Waals surface area contributed by atoms with Crippen LogP contribution >= 0.6 is 11.6 Å². The molecule has 0 spiro atoms. The first-order chi connectivity index (χ1) is 13.9. The van der Waals surface area contributed by atoms with Gasteiger partial charge in [-0.25, -0.2) is 0 Å². The molecule has 1 saturated carbocycles. The molecule has 3 atom stereocenters. The number of carbonyl (C=O) groups excluding carboxylic acids is 2. The third-order valence-electron chi connectivity index (χ3n) is 6.24. The summed E-state index contributed by atoms with van der Waals surface area (Å²) in [5.74, 6) is -0.475. The summed E-state index contributed by atoms with van der Waals surface area (Å²) in [6.07, 6.45) is 5.42. The molecule has 6 nitrogen and oxygen atoms in total. The van der Waals surface area contributed by atoms with Crippen molar-refractivity contribution < 1.29 is 14.7 Å². The fourth-order valence-corrected chi connectivity index (χ4v) is 4.79.